The molecule has 0 aliphatic heterocycles. The average Bonchev–Trinajstić information content (AvgIpc) is 2.25. The lowest BCUT2D eigenvalue weighted by molar-refractivity contribution is -0.116. The predicted molar refractivity (Wildman–Crippen MR) is 65.0 cm³/mol. The van der Waals surface area contributed by atoms with Gasteiger partial charge < -0.3 is 5.32 Å². The molecule has 6 heteroatoms. The van der Waals surface area contributed by atoms with Gasteiger partial charge in [0.2, 0.25) is 5.91 Å². The largest absolute Gasteiger partial charge is 0.352 e. The van der Waals surface area contributed by atoms with Crippen molar-refractivity contribution in [3.05, 3.63) is 12.7 Å². The first-order valence-electron chi connectivity index (χ1n) is 4.61. The van der Waals surface area contributed by atoms with Crippen LogP contribution in [0.25, 0.3) is 0 Å². The van der Waals surface area contributed by atoms with E-state index in [-0.39, 0.29) is 24.1 Å². The molecule has 0 aromatic rings. The number of rotatable bonds is 7. The minimum Gasteiger partial charge on any atom is -0.352 e. The molecule has 0 atom stereocenters. The van der Waals surface area contributed by atoms with Crippen LogP contribution in [0.3, 0.4) is 0 Å². The molecule has 0 aromatic heterocycles. The smallest absolute Gasteiger partial charge is 0.243 e. The van der Waals surface area contributed by atoms with Gasteiger partial charge in [-0.3, -0.25) is 20.7 Å². The fraction of sp³-hybridized carbons (Fsp3) is 0.667. The van der Waals surface area contributed by atoms with Gasteiger partial charge in [0.05, 0.1) is 0 Å². The lowest BCUT2D eigenvalue weighted by Crippen LogP contribution is -2.64. The summed E-state index contributed by atoms with van der Waals surface area (Å²) in [6.45, 7) is 3.95. The second kappa shape index (κ2) is 8.67. The second-order valence-electron chi connectivity index (χ2n) is 2.90. The number of hydrogen-bond acceptors (Lipinski definition) is 4. The van der Waals surface area contributed by atoms with Crippen LogP contribution in [-0.4, -0.2) is 39.4 Å². The fourth-order valence-corrected chi connectivity index (χ4v) is 1.20. The molecule has 0 bridgehead atoms. The van der Waals surface area contributed by atoms with E-state index < -0.39 is 0 Å². The van der Waals surface area contributed by atoms with Crippen molar-refractivity contribution in [1.29, 1.82) is 0 Å². The zero-order valence-electron chi connectivity index (χ0n) is 9.52. The van der Waals surface area contributed by atoms with Gasteiger partial charge >= 0.3 is 0 Å². The van der Waals surface area contributed by atoms with E-state index in [9.17, 15) is 4.79 Å². The van der Waals surface area contributed by atoms with Crippen LogP contribution in [0, 0.1) is 0 Å². The van der Waals surface area contributed by atoms with Crippen molar-refractivity contribution in [2.45, 2.75) is 12.2 Å². The van der Waals surface area contributed by atoms with Crippen LogP contribution < -0.4 is 21.3 Å². The van der Waals surface area contributed by atoms with Gasteiger partial charge in [-0.25, -0.2) is 0 Å². The van der Waals surface area contributed by atoms with Crippen LogP contribution >= 0.6 is 12.4 Å². The highest BCUT2D eigenvalue weighted by molar-refractivity contribution is 5.86. The molecule has 90 valence electrons. The van der Waals surface area contributed by atoms with Crippen LogP contribution in [0.4, 0.5) is 0 Å². The molecule has 4 N–H and O–H groups in total. The molecule has 5 nitrogen and oxygen atoms in total. The van der Waals surface area contributed by atoms with E-state index in [1.165, 1.54) is 6.08 Å². The minimum absolute atomic E-state index is 0. The van der Waals surface area contributed by atoms with Crippen molar-refractivity contribution in [2.24, 2.45) is 0 Å². The maximum Gasteiger partial charge on any atom is 0.243 e. The molecule has 15 heavy (non-hydrogen) atoms. The number of carbonyl (C=O) groups excluding carboxylic acids is 1. The van der Waals surface area contributed by atoms with Gasteiger partial charge in [0.15, 0.2) is 0 Å². The van der Waals surface area contributed by atoms with E-state index in [0.717, 1.165) is 6.42 Å². The Hall–Kier alpha value is -0.620. The molecule has 0 heterocycles. The minimum atomic E-state index is -0.339. The third kappa shape index (κ3) is 5.74. The summed E-state index contributed by atoms with van der Waals surface area (Å²) in [7, 11) is 5.55. The lowest BCUT2D eigenvalue weighted by atomic mass is 10.2. The number of nitrogens with one attached hydrogen (secondary N) is 4. The topological polar surface area (TPSA) is 65.2 Å². The maximum absolute atomic E-state index is 10.9. The van der Waals surface area contributed by atoms with E-state index in [1.54, 1.807) is 0 Å². The first-order chi connectivity index (χ1) is 6.64. The van der Waals surface area contributed by atoms with Gasteiger partial charge in [0, 0.05) is 13.0 Å². The Morgan fingerprint density at radius 3 is 2.07 bits per heavy atom. The Labute approximate surface area is 97.5 Å². The van der Waals surface area contributed by atoms with Crippen LogP contribution in [-0.2, 0) is 4.79 Å². The Morgan fingerprint density at radius 1 is 1.27 bits per heavy atom. The molecular formula is C9H21ClN4O. The molecule has 0 aliphatic rings. The standard InChI is InChI=1S/C9H20N4O.ClH/c1-5-8(14)13-7-6-9(10-2,11-3)12-4;/h5,10-12H,1,6-7H2,2-4H3,(H,13,14);1H. The zero-order chi connectivity index (χ0) is 11.0. The number of amides is 1. The summed E-state index contributed by atoms with van der Waals surface area (Å²) in [5.41, 5.74) is 0. The first-order valence-corrected chi connectivity index (χ1v) is 4.61. The van der Waals surface area contributed by atoms with Crippen molar-refractivity contribution < 1.29 is 4.79 Å². The van der Waals surface area contributed by atoms with Gasteiger partial charge in [0.25, 0.3) is 0 Å². The summed E-state index contributed by atoms with van der Waals surface area (Å²) in [6.07, 6.45) is 2.00. The summed E-state index contributed by atoms with van der Waals surface area (Å²) in [4.78, 5) is 10.9. The molecule has 0 spiro atoms. The van der Waals surface area contributed by atoms with Gasteiger partial charge in [0.1, 0.15) is 5.79 Å². The third-order valence-electron chi connectivity index (χ3n) is 2.26. The zero-order valence-corrected chi connectivity index (χ0v) is 10.3. The quantitative estimate of drug-likeness (QED) is 0.353. The molecule has 0 rings (SSSR count). The van der Waals surface area contributed by atoms with Crippen molar-refractivity contribution in [3.8, 4) is 0 Å². The third-order valence-corrected chi connectivity index (χ3v) is 2.26. The molecule has 0 saturated carbocycles. The predicted octanol–water partition coefficient (Wildman–Crippen LogP) is -0.587. The number of carbonyl (C=O) groups is 1. The summed E-state index contributed by atoms with van der Waals surface area (Å²) in [6, 6.07) is 0. The molecule has 0 aromatic carbocycles. The molecule has 0 fully saturated rings. The van der Waals surface area contributed by atoms with Crippen molar-refractivity contribution in [2.75, 3.05) is 27.7 Å². The van der Waals surface area contributed by atoms with Gasteiger partial charge in [-0.1, -0.05) is 6.58 Å². The summed E-state index contributed by atoms with van der Waals surface area (Å²) >= 11 is 0. The van der Waals surface area contributed by atoms with E-state index in [4.69, 9.17) is 0 Å². The van der Waals surface area contributed by atoms with Crippen molar-refractivity contribution in [1.82, 2.24) is 21.3 Å². The Morgan fingerprint density at radius 2 is 1.73 bits per heavy atom. The monoisotopic (exact) mass is 236 g/mol. The second-order valence-corrected chi connectivity index (χ2v) is 2.90. The van der Waals surface area contributed by atoms with Crippen LogP contribution in [0.2, 0.25) is 0 Å². The molecule has 0 saturated heterocycles. The van der Waals surface area contributed by atoms with E-state index in [0.29, 0.717) is 6.54 Å². The molecule has 0 aliphatic carbocycles. The van der Waals surface area contributed by atoms with Gasteiger partial charge in [-0.2, -0.15) is 0 Å². The van der Waals surface area contributed by atoms with Crippen molar-refractivity contribution >= 4 is 18.3 Å². The fourth-order valence-electron chi connectivity index (χ4n) is 1.20. The van der Waals surface area contributed by atoms with E-state index in [2.05, 4.69) is 27.8 Å². The lowest BCUT2D eigenvalue weighted by Gasteiger charge is -2.32. The average molecular weight is 237 g/mol. The highest BCUT2D eigenvalue weighted by atomic mass is 35.5. The van der Waals surface area contributed by atoms with Gasteiger partial charge in [-0.15, -0.1) is 12.4 Å². The Balaban J connectivity index is 0. The maximum atomic E-state index is 10.9. The van der Waals surface area contributed by atoms with E-state index in [1.807, 2.05) is 21.1 Å². The Kier molecular flexibility index (Phi) is 9.71. The molecule has 0 radical (unpaired) electrons. The Bertz CT molecular complexity index is 186. The summed E-state index contributed by atoms with van der Waals surface area (Å²) < 4.78 is 0. The van der Waals surface area contributed by atoms with Crippen LogP contribution in [0.5, 0.6) is 0 Å². The van der Waals surface area contributed by atoms with Gasteiger partial charge in [-0.05, 0) is 27.2 Å². The summed E-state index contributed by atoms with van der Waals surface area (Å²) in [5.74, 6) is -0.490. The van der Waals surface area contributed by atoms with Crippen LogP contribution in [0.1, 0.15) is 6.42 Å². The number of halogens is 1. The molecule has 1 amide bonds. The van der Waals surface area contributed by atoms with Crippen molar-refractivity contribution in [3.63, 3.8) is 0 Å². The highest BCUT2D eigenvalue weighted by Gasteiger charge is 2.22. The normalized spacial score (nSPS) is 10.3. The van der Waals surface area contributed by atoms with E-state index >= 15 is 0 Å². The first kappa shape index (κ1) is 16.8. The number of hydrogen-bond donors (Lipinski definition) is 4. The summed E-state index contributed by atoms with van der Waals surface area (Å²) in [5, 5.41) is 12.0. The highest BCUT2D eigenvalue weighted by Crippen LogP contribution is 1.97. The molecular weight excluding hydrogens is 216 g/mol. The van der Waals surface area contributed by atoms with Crippen LogP contribution in [0.15, 0.2) is 12.7 Å². The SMILES string of the molecule is C=CC(=O)NCCC(NC)(NC)NC.Cl. The molecule has 0 unspecified atom stereocenters.